The third kappa shape index (κ3) is 4.12. The van der Waals surface area contributed by atoms with E-state index in [1.165, 1.54) is 13.2 Å². The lowest BCUT2D eigenvalue weighted by Gasteiger charge is -2.09. The number of esters is 1. The lowest BCUT2D eigenvalue weighted by Crippen LogP contribution is -2.02. The number of benzene rings is 2. The number of hydrogen-bond donors (Lipinski definition) is 0. The average Bonchev–Trinajstić information content (AvgIpc) is 3.20. The zero-order valence-corrected chi connectivity index (χ0v) is 16.2. The van der Waals surface area contributed by atoms with Crippen LogP contribution in [-0.2, 0) is 9.53 Å². The third-order valence-corrected chi connectivity index (χ3v) is 4.25. The van der Waals surface area contributed by atoms with Crippen LogP contribution in [0.5, 0.6) is 11.5 Å². The van der Waals surface area contributed by atoms with Crippen molar-refractivity contribution in [2.45, 2.75) is 0 Å². The van der Waals surface area contributed by atoms with Crippen molar-refractivity contribution >= 4 is 12.0 Å². The van der Waals surface area contributed by atoms with E-state index in [4.69, 9.17) is 9.47 Å². The van der Waals surface area contributed by atoms with Gasteiger partial charge in [0, 0.05) is 17.3 Å². The Labute approximate surface area is 168 Å². The molecule has 3 aromatic rings. The summed E-state index contributed by atoms with van der Waals surface area (Å²) < 4.78 is 17.0. The summed E-state index contributed by atoms with van der Waals surface area (Å²) in [5, 5.41) is 14.0. The molecular weight excluding hydrogens is 370 g/mol. The number of hydrogen-bond acceptors (Lipinski definition) is 6. The van der Waals surface area contributed by atoms with Crippen molar-refractivity contribution in [3.05, 3.63) is 65.9 Å². The molecule has 1 aromatic heterocycles. The Bertz CT molecular complexity index is 1090. The fourth-order valence-electron chi connectivity index (χ4n) is 2.82. The number of methoxy groups -OCH3 is 3. The minimum atomic E-state index is -0.710. The molecule has 0 aliphatic heterocycles. The van der Waals surface area contributed by atoms with Gasteiger partial charge in [-0.05, 0) is 36.4 Å². The Morgan fingerprint density at radius 3 is 2.41 bits per heavy atom. The third-order valence-electron chi connectivity index (χ3n) is 4.25. The second-order valence-electron chi connectivity index (χ2n) is 5.94. The second-order valence-corrected chi connectivity index (χ2v) is 5.94. The Morgan fingerprint density at radius 1 is 1.07 bits per heavy atom. The van der Waals surface area contributed by atoms with Gasteiger partial charge in [0.05, 0.1) is 27.0 Å². The number of para-hydroxylation sites is 1. The smallest absolute Gasteiger partial charge is 0.348 e. The van der Waals surface area contributed by atoms with E-state index in [0.29, 0.717) is 22.8 Å². The summed E-state index contributed by atoms with van der Waals surface area (Å²) in [5.74, 6) is 0.420. The molecule has 0 atom stereocenters. The highest BCUT2D eigenvalue weighted by Gasteiger charge is 2.17. The van der Waals surface area contributed by atoms with Crippen LogP contribution in [-0.4, -0.2) is 37.1 Å². The Morgan fingerprint density at radius 2 is 1.79 bits per heavy atom. The van der Waals surface area contributed by atoms with Gasteiger partial charge in [-0.2, -0.15) is 10.4 Å². The molecule has 0 fully saturated rings. The summed E-state index contributed by atoms with van der Waals surface area (Å²) in [6.07, 6.45) is 3.21. The van der Waals surface area contributed by atoms with Gasteiger partial charge < -0.3 is 14.2 Å². The van der Waals surface area contributed by atoms with E-state index in [1.807, 2.05) is 42.5 Å². The molecular formula is C22H19N3O4. The van der Waals surface area contributed by atoms with E-state index in [2.05, 4.69) is 9.84 Å². The molecule has 0 bridgehead atoms. The maximum absolute atomic E-state index is 11.9. The van der Waals surface area contributed by atoms with Crippen LogP contribution in [0, 0.1) is 11.3 Å². The maximum Gasteiger partial charge on any atom is 0.348 e. The maximum atomic E-state index is 11.9. The minimum absolute atomic E-state index is 0.123. The highest BCUT2D eigenvalue weighted by Crippen LogP contribution is 2.34. The number of nitrogens with zero attached hydrogens (tertiary/aromatic N) is 3. The van der Waals surface area contributed by atoms with Crippen LogP contribution in [0.15, 0.2) is 60.3 Å². The van der Waals surface area contributed by atoms with E-state index < -0.39 is 5.97 Å². The number of nitriles is 1. The lowest BCUT2D eigenvalue weighted by atomic mass is 10.1. The quantitative estimate of drug-likeness (QED) is 0.363. The molecule has 0 saturated carbocycles. The van der Waals surface area contributed by atoms with Gasteiger partial charge in [0.1, 0.15) is 17.3 Å². The first-order valence-corrected chi connectivity index (χ1v) is 8.69. The first kappa shape index (κ1) is 19.7. The van der Waals surface area contributed by atoms with Crippen LogP contribution in [0.2, 0.25) is 0 Å². The normalized spacial score (nSPS) is 10.9. The van der Waals surface area contributed by atoms with Crippen molar-refractivity contribution in [1.82, 2.24) is 9.78 Å². The molecule has 3 rings (SSSR count). The van der Waals surface area contributed by atoms with Crippen LogP contribution in [0.25, 0.3) is 23.0 Å². The van der Waals surface area contributed by atoms with E-state index >= 15 is 0 Å². The van der Waals surface area contributed by atoms with Crippen molar-refractivity contribution in [2.24, 2.45) is 0 Å². The van der Waals surface area contributed by atoms with Crippen LogP contribution in [0.1, 0.15) is 5.56 Å². The Balaban J connectivity index is 2.19. The molecule has 0 aliphatic rings. The van der Waals surface area contributed by atoms with Crippen LogP contribution < -0.4 is 9.47 Å². The fourth-order valence-corrected chi connectivity index (χ4v) is 2.82. The zero-order chi connectivity index (χ0) is 20.8. The summed E-state index contributed by atoms with van der Waals surface area (Å²) in [6, 6.07) is 16.8. The van der Waals surface area contributed by atoms with E-state index in [-0.39, 0.29) is 5.57 Å². The number of rotatable bonds is 6. The average molecular weight is 389 g/mol. The fraction of sp³-hybridized carbons (Fsp3) is 0.136. The molecule has 0 aliphatic carbocycles. The van der Waals surface area contributed by atoms with E-state index in [0.717, 1.165) is 11.3 Å². The Kier molecular flexibility index (Phi) is 5.95. The molecule has 29 heavy (non-hydrogen) atoms. The number of ether oxygens (including phenoxy) is 3. The van der Waals surface area contributed by atoms with Gasteiger partial charge >= 0.3 is 5.97 Å². The summed E-state index contributed by atoms with van der Waals surface area (Å²) in [5.41, 5.74) is 2.62. The topological polar surface area (TPSA) is 86.4 Å². The van der Waals surface area contributed by atoms with Gasteiger partial charge in [-0.15, -0.1) is 0 Å². The molecule has 0 radical (unpaired) electrons. The predicted molar refractivity (Wildman–Crippen MR) is 108 cm³/mol. The molecule has 0 unspecified atom stereocenters. The number of carbonyl (C=O) groups is 1. The highest BCUT2D eigenvalue weighted by molar-refractivity contribution is 5.98. The van der Waals surface area contributed by atoms with Crippen molar-refractivity contribution in [3.8, 4) is 34.5 Å². The lowest BCUT2D eigenvalue weighted by molar-refractivity contribution is -0.135. The van der Waals surface area contributed by atoms with Crippen molar-refractivity contribution in [1.29, 1.82) is 5.26 Å². The minimum Gasteiger partial charge on any atom is -0.493 e. The van der Waals surface area contributed by atoms with Crippen LogP contribution in [0.4, 0.5) is 0 Å². The van der Waals surface area contributed by atoms with Crippen LogP contribution >= 0.6 is 0 Å². The molecule has 146 valence electrons. The number of carbonyl (C=O) groups excluding carboxylic acids is 1. The van der Waals surface area contributed by atoms with E-state index in [9.17, 15) is 10.1 Å². The van der Waals surface area contributed by atoms with Crippen LogP contribution in [0.3, 0.4) is 0 Å². The van der Waals surface area contributed by atoms with Crippen molar-refractivity contribution in [2.75, 3.05) is 21.3 Å². The molecule has 7 nitrogen and oxygen atoms in total. The van der Waals surface area contributed by atoms with Crippen molar-refractivity contribution < 1.29 is 19.0 Å². The highest BCUT2D eigenvalue weighted by atomic mass is 16.5. The molecule has 0 spiro atoms. The first-order chi connectivity index (χ1) is 14.1. The zero-order valence-electron chi connectivity index (χ0n) is 16.2. The van der Waals surface area contributed by atoms with Gasteiger partial charge in [-0.3, -0.25) is 0 Å². The molecule has 0 saturated heterocycles. The standard InChI is InChI=1S/C22H19N3O4/c1-27-19-10-9-15(12-20(19)28-2)21-17(11-16(13-23)22(26)29-3)14-25(24-21)18-7-5-4-6-8-18/h4-12,14H,1-3H3/b16-11+. The Hall–Kier alpha value is -4.05. The summed E-state index contributed by atoms with van der Waals surface area (Å²) in [7, 11) is 4.34. The molecule has 1 heterocycles. The van der Waals surface area contributed by atoms with Gasteiger partial charge in [0.25, 0.3) is 0 Å². The molecule has 2 aromatic carbocycles. The predicted octanol–water partition coefficient (Wildman–Crippen LogP) is 3.64. The monoisotopic (exact) mass is 389 g/mol. The second kappa shape index (κ2) is 8.76. The summed E-state index contributed by atoms with van der Waals surface area (Å²) in [6.45, 7) is 0. The van der Waals surface area contributed by atoms with Gasteiger partial charge in [0.15, 0.2) is 11.5 Å². The number of aromatic nitrogens is 2. The van der Waals surface area contributed by atoms with Gasteiger partial charge in [-0.1, -0.05) is 18.2 Å². The largest absolute Gasteiger partial charge is 0.493 e. The molecule has 0 amide bonds. The van der Waals surface area contributed by atoms with E-state index in [1.54, 1.807) is 37.2 Å². The summed E-state index contributed by atoms with van der Waals surface area (Å²) >= 11 is 0. The van der Waals surface area contributed by atoms with Gasteiger partial charge in [-0.25, -0.2) is 9.48 Å². The van der Waals surface area contributed by atoms with Gasteiger partial charge in [0.2, 0.25) is 0 Å². The molecule has 7 heteroatoms. The molecule has 0 N–H and O–H groups in total. The first-order valence-electron chi connectivity index (χ1n) is 8.69. The summed E-state index contributed by atoms with van der Waals surface area (Å²) in [4.78, 5) is 11.9. The SMILES string of the molecule is COC(=O)/C(C#N)=C/c1cn(-c2ccccc2)nc1-c1ccc(OC)c(OC)c1. The van der Waals surface area contributed by atoms with Crippen molar-refractivity contribution in [3.63, 3.8) is 0 Å².